The molecule has 0 amide bonds. The van der Waals surface area contributed by atoms with E-state index in [0.29, 0.717) is 0 Å². The summed E-state index contributed by atoms with van der Waals surface area (Å²) in [6.45, 7) is 5.27. The van der Waals surface area contributed by atoms with Crippen LogP contribution in [-0.2, 0) is 19.6 Å². The highest BCUT2D eigenvalue weighted by Crippen LogP contribution is 2.13. The van der Waals surface area contributed by atoms with Gasteiger partial charge in [0.2, 0.25) is 0 Å². The van der Waals surface area contributed by atoms with E-state index in [1.165, 1.54) is 43.5 Å². The summed E-state index contributed by atoms with van der Waals surface area (Å²) >= 11 is 0. The second-order valence-corrected chi connectivity index (χ2v) is 5.84. The second kappa shape index (κ2) is 7.43. The van der Waals surface area contributed by atoms with Gasteiger partial charge >= 0.3 is 0 Å². The number of likely N-dealkylation sites (tertiary alicyclic amines) is 1. The van der Waals surface area contributed by atoms with E-state index in [0.717, 1.165) is 25.4 Å². The van der Waals surface area contributed by atoms with Gasteiger partial charge in [-0.3, -0.25) is 4.90 Å². The molecule has 3 rings (SSSR count). The van der Waals surface area contributed by atoms with Gasteiger partial charge in [-0.15, -0.1) is 0 Å². The fraction of sp³-hybridized carbons (Fsp3) is 0.444. The third-order valence-corrected chi connectivity index (χ3v) is 4.09. The van der Waals surface area contributed by atoms with Crippen LogP contribution in [0.2, 0.25) is 0 Å². The molecule has 1 aliphatic rings. The number of rotatable bonds is 6. The Labute approximate surface area is 127 Å². The fourth-order valence-corrected chi connectivity index (χ4v) is 2.88. The molecule has 112 valence electrons. The first-order chi connectivity index (χ1) is 10.4. The van der Waals surface area contributed by atoms with Crippen molar-refractivity contribution in [3.63, 3.8) is 0 Å². The van der Waals surface area contributed by atoms with Crippen LogP contribution in [0.15, 0.2) is 47.1 Å². The van der Waals surface area contributed by atoms with E-state index in [2.05, 4.69) is 34.5 Å². The summed E-state index contributed by atoms with van der Waals surface area (Å²) < 4.78 is 5.31. The molecule has 0 saturated carbocycles. The Balaban J connectivity index is 1.44. The Kier molecular flexibility index (Phi) is 5.08. The lowest BCUT2D eigenvalue weighted by Crippen LogP contribution is -2.29. The number of hydrogen-bond acceptors (Lipinski definition) is 3. The van der Waals surface area contributed by atoms with Crippen LogP contribution >= 0.6 is 0 Å². The number of nitrogens with one attached hydrogen (secondary N) is 1. The molecule has 0 aliphatic carbocycles. The molecule has 1 aliphatic heterocycles. The molecule has 1 fully saturated rings. The van der Waals surface area contributed by atoms with Crippen LogP contribution in [0, 0.1) is 0 Å². The Hall–Kier alpha value is -1.58. The summed E-state index contributed by atoms with van der Waals surface area (Å²) in [5.74, 6) is 0.983. The Morgan fingerprint density at radius 3 is 2.38 bits per heavy atom. The van der Waals surface area contributed by atoms with E-state index >= 15 is 0 Å². The topological polar surface area (TPSA) is 28.4 Å². The molecule has 1 aromatic heterocycles. The smallest absolute Gasteiger partial charge is 0.117 e. The average molecular weight is 284 g/mol. The molecule has 0 radical (unpaired) electrons. The van der Waals surface area contributed by atoms with Crippen molar-refractivity contribution < 1.29 is 4.42 Å². The van der Waals surface area contributed by atoms with Crippen molar-refractivity contribution >= 4 is 0 Å². The standard InChI is InChI=1S/C18H24N2O/c1-2-10-20(11-3-1)15-17-8-6-16(7-9-17)13-19-14-18-5-4-12-21-18/h4-9,12,19H,1-3,10-11,13-15H2. The molecule has 0 bridgehead atoms. The first-order valence-corrected chi connectivity index (χ1v) is 7.93. The van der Waals surface area contributed by atoms with Crippen molar-refractivity contribution in [1.29, 1.82) is 0 Å². The molecular formula is C18H24N2O. The van der Waals surface area contributed by atoms with E-state index in [-0.39, 0.29) is 0 Å². The predicted octanol–water partition coefficient (Wildman–Crippen LogP) is 3.56. The zero-order valence-corrected chi connectivity index (χ0v) is 12.6. The van der Waals surface area contributed by atoms with Crippen LogP contribution in [0.4, 0.5) is 0 Å². The normalized spacial score (nSPS) is 16.2. The van der Waals surface area contributed by atoms with Gasteiger partial charge in [-0.2, -0.15) is 0 Å². The van der Waals surface area contributed by atoms with Gasteiger partial charge in [-0.1, -0.05) is 30.7 Å². The minimum atomic E-state index is 0.780. The number of furan rings is 1. The summed E-state index contributed by atoms with van der Waals surface area (Å²) in [7, 11) is 0. The Morgan fingerprint density at radius 1 is 0.905 bits per heavy atom. The van der Waals surface area contributed by atoms with Crippen LogP contribution < -0.4 is 5.32 Å². The molecule has 3 heteroatoms. The summed E-state index contributed by atoms with van der Waals surface area (Å²) in [4.78, 5) is 2.56. The molecule has 2 heterocycles. The van der Waals surface area contributed by atoms with E-state index in [1.54, 1.807) is 6.26 Å². The maximum Gasteiger partial charge on any atom is 0.117 e. The summed E-state index contributed by atoms with van der Waals surface area (Å²) in [5, 5.41) is 3.40. The second-order valence-electron chi connectivity index (χ2n) is 5.84. The first-order valence-electron chi connectivity index (χ1n) is 7.93. The molecule has 0 spiro atoms. The van der Waals surface area contributed by atoms with Crippen molar-refractivity contribution in [2.45, 2.75) is 38.9 Å². The molecule has 21 heavy (non-hydrogen) atoms. The molecule has 1 N–H and O–H groups in total. The van der Waals surface area contributed by atoms with E-state index in [1.807, 2.05) is 12.1 Å². The summed E-state index contributed by atoms with van der Waals surface area (Å²) in [6.07, 6.45) is 5.83. The minimum absolute atomic E-state index is 0.780. The molecule has 1 aromatic carbocycles. The van der Waals surface area contributed by atoms with Crippen molar-refractivity contribution in [2.24, 2.45) is 0 Å². The highest BCUT2D eigenvalue weighted by Gasteiger charge is 2.10. The van der Waals surface area contributed by atoms with Crippen LogP contribution in [0.1, 0.15) is 36.1 Å². The van der Waals surface area contributed by atoms with Gasteiger partial charge in [-0.05, 0) is 49.2 Å². The van der Waals surface area contributed by atoms with Gasteiger partial charge in [0.15, 0.2) is 0 Å². The highest BCUT2D eigenvalue weighted by molar-refractivity contribution is 5.22. The molecule has 0 atom stereocenters. The lowest BCUT2D eigenvalue weighted by Gasteiger charge is -2.26. The molecule has 0 unspecified atom stereocenters. The van der Waals surface area contributed by atoms with Crippen LogP contribution in [0.25, 0.3) is 0 Å². The van der Waals surface area contributed by atoms with Gasteiger partial charge in [0.1, 0.15) is 5.76 Å². The van der Waals surface area contributed by atoms with Gasteiger partial charge < -0.3 is 9.73 Å². The minimum Gasteiger partial charge on any atom is -0.468 e. The monoisotopic (exact) mass is 284 g/mol. The third-order valence-electron chi connectivity index (χ3n) is 4.09. The molecular weight excluding hydrogens is 260 g/mol. The maximum atomic E-state index is 5.31. The van der Waals surface area contributed by atoms with Gasteiger partial charge in [0.25, 0.3) is 0 Å². The van der Waals surface area contributed by atoms with Crippen molar-refractivity contribution in [1.82, 2.24) is 10.2 Å². The average Bonchev–Trinajstić information content (AvgIpc) is 3.03. The fourth-order valence-electron chi connectivity index (χ4n) is 2.88. The molecule has 1 saturated heterocycles. The maximum absolute atomic E-state index is 5.31. The van der Waals surface area contributed by atoms with Crippen LogP contribution in [0.3, 0.4) is 0 Å². The number of piperidine rings is 1. The third kappa shape index (κ3) is 4.45. The van der Waals surface area contributed by atoms with E-state index in [9.17, 15) is 0 Å². The lowest BCUT2D eigenvalue weighted by atomic mass is 10.1. The molecule has 3 nitrogen and oxygen atoms in total. The lowest BCUT2D eigenvalue weighted by molar-refractivity contribution is 0.221. The SMILES string of the molecule is c1coc(CNCc2ccc(CN3CCCCC3)cc2)c1. The van der Waals surface area contributed by atoms with E-state index in [4.69, 9.17) is 4.42 Å². The van der Waals surface area contributed by atoms with Gasteiger partial charge in [-0.25, -0.2) is 0 Å². The zero-order chi connectivity index (χ0) is 14.3. The van der Waals surface area contributed by atoms with Gasteiger partial charge in [0, 0.05) is 13.1 Å². The number of benzene rings is 1. The van der Waals surface area contributed by atoms with E-state index < -0.39 is 0 Å². The van der Waals surface area contributed by atoms with Crippen molar-refractivity contribution in [3.05, 3.63) is 59.5 Å². The zero-order valence-electron chi connectivity index (χ0n) is 12.6. The highest BCUT2D eigenvalue weighted by atomic mass is 16.3. The first kappa shape index (κ1) is 14.4. The number of nitrogens with zero attached hydrogens (tertiary/aromatic N) is 1. The summed E-state index contributed by atoms with van der Waals surface area (Å²) in [6, 6.07) is 12.9. The van der Waals surface area contributed by atoms with Crippen LogP contribution in [0.5, 0.6) is 0 Å². The predicted molar refractivity (Wildman–Crippen MR) is 84.8 cm³/mol. The van der Waals surface area contributed by atoms with Crippen molar-refractivity contribution in [3.8, 4) is 0 Å². The quantitative estimate of drug-likeness (QED) is 0.879. The largest absolute Gasteiger partial charge is 0.468 e. The Bertz CT molecular complexity index is 513. The summed E-state index contributed by atoms with van der Waals surface area (Å²) in [5.41, 5.74) is 2.75. The van der Waals surface area contributed by atoms with Crippen LogP contribution in [-0.4, -0.2) is 18.0 Å². The van der Waals surface area contributed by atoms with Gasteiger partial charge in [0.05, 0.1) is 12.8 Å². The number of hydrogen-bond donors (Lipinski definition) is 1. The Morgan fingerprint density at radius 2 is 1.67 bits per heavy atom. The molecule has 2 aromatic rings. The van der Waals surface area contributed by atoms with Crippen molar-refractivity contribution in [2.75, 3.05) is 13.1 Å².